The zero-order chi connectivity index (χ0) is 20.7. The van der Waals surface area contributed by atoms with Crippen LogP contribution in [-0.4, -0.2) is 25.6 Å². The first-order valence-corrected chi connectivity index (χ1v) is 9.49. The molecule has 2 aromatic heterocycles. The van der Waals surface area contributed by atoms with E-state index < -0.39 is 11.7 Å². The van der Waals surface area contributed by atoms with E-state index in [0.29, 0.717) is 28.7 Å². The summed E-state index contributed by atoms with van der Waals surface area (Å²) >= 11 is 0. The van der Waals surface area contributed by atoms with E-state index in [9.17, 15) is 13.2 Å². The summed E-state index contributed by atoms with van der Waals surface area (Å²) in [7, 11) is 0. The Bertz CT molecular complexity index is 1180. The Morgan fingerprint density at radius 1 is 0.933 bits per heavy atom. The number of imidazole rings is 1. The van der Waals surface area contributed by atoms with Gasteiger partial charge in [-0.05, 0) is 49.2 Å². The van der Waals surface area contributed by atoms with Crippen molar-refractivity contribution >= 4 is 28.6 Å². The fourth-order valence-electron chi connectivity index (χ4n) is 3.13. The van der Waals surface area contributed by atoms with Crippen LogP contribution in [0.3, 0.4) is 0 Å². The maximum atomic E-state index is 12.8. The van der Waals surface area contributed by atoms with E-state index in [4.69, 9.17) is 0 Å². The van der Waals surface area contributed by atoms with E-state index in [0.717, 1.165) is 30.7 Å². The van der Waals surface area contributed by atoms with Crippen molar-refractivity contribution in [3.8, 4) is 5.69 Å². The summed E-state index contributed by atoms with van der Waals surface area (Å²) in [5.41, 5.74) is 1.90. The van der Waals surface area contributed by atoms with Gasteiger partial charge in [0, 0.05) is 17.4 Å². The van der Waals surface area contributed by atoms with Crippen molar-refractivity contribution < 1.29 is 13.2 Å². The molecule has 2 aromatic carbocycles. The van der Waals surface area contributed by atoms with Crippen LogP contribution in [0.15, 0.2) is 60.9 Å². The molecule has 2 heterocycles. The second-order valence-corrected chi connectivity index (χ2v) is 7.14. The van der Waals surface area contributed by atoms with Crippen LogP contribution < -0.4 is 10.6 Å². The third-order valence-corrected chi connectivity index (χ3v) is 4.82. The molecule has 0 unspecified atom stereocenters. The van der Waals surface area contributed by atoms with E-state index >= 15 is 0 Å². The topological polar surface area (TPSA) is 67.7 Å². The van der Waals surface area contributed by atoms with Crippen LogP contribution in [0, 0.1) is 0 Å². The van der Waals surface area contributed by atoms with Gasteiger partial charge < -0.3 is 10.6 Å². The first-order valence-electron chi connectivity index (χ1n) is 9.49. The van der Waals surface area contributed by atoms with Crippen molar-refractivity contribution in [1.82, 2.24) is 19.5 Å². The molecule has 0 radical (unpaired) electrons. The zero-order valence-electron chi connectivity index (χ0n) is 15.7. The van der Waals surface area contributed by atoms with Crippen molar-refractivity contribution in [2.45, 2.75) is 25.1 Å². The lowest BCUT2D eigenvalue weighted by Crippen LogP contribution is -2.08. The monoisotopic (exact) mass is 410 g/mol. The Hall–Kier alpha value is -3.62. The predicted octanol–water partition coefficient (Wildman–Crippen LogP) is 5.15. The van der Waals surface area contributed by atoms with Crippen LogP contribution >= 0.6 is 0 Å². The second-order valence-electron chi connectivity index (χ2n) is 7.14. The number of aromatic nitrogens is 4. The molecule has 152 valence electrons. The van der Waals surface area contributed by atoms with Gasteiger partial charge in [0.05, 0.1) is 5.56 Å². The Labute approximate surface area is 169 Å². The number of rotatable bonds is 5. The van der Waals surface area contributed by atoms with Crippen LogP contribution in [0.25, 0.3) is 16.9 Å². The molecule has 0 spiro atoms. The van der Waals surface area contributed by atoms with Gasteiger partial charge in [-0.3, -0.25) is 4.57 Å². The van der Waals surface area contributed by atoms with Crippen LogP contribution in [0.1, 0.15) is 18.4 Å². The molecule has 30 heavy (non-hydrogen) atoms. The number of halogens is 3. The summed E-state index contributed by atoms with van der Waals surface area (Å²) in [5, 5.41) is 6.37. The number of hydrogen-bond acceptors (Lipinski definition) is 5. The normalized spacial score (nSPS) is 14.1. The summed E-state index contributed by atoms with van der Waals surface area (Å²) in [5.74, 6) is 0.884. The molecule has 1 saturated carbocycles. The minimum atomic E-state index is -4.38. The number of anilines is 3. The van der Waals surface area contributed by atoms with Crippen LogP contribution in [0.2, 0.25) is 0 Å². The molecule has 0 amide bonds. The summed E-state index contributed by atoms with van der Waals surface area (Å²) < 4.78 is 40.3. The number of alkyl halides is 3. The van der Waals surface area contributed by atoms with E-state index in [1.54, 1.807) is 6.33 Å². The largest absolute Gasteiger partial charge is 0.416 e. The SMILES string of the molecule is FC(F)(F)c1ccc(Nc2nc(NC3CC3)c3ncn(-c4ccccc4)c3n2)cc1. The first kappa shape index (κ1) is 18.4. The number of nitrogens with one attached hydrogen (secondary N) is 2. The summed E-state index contributed by atoms with van der Waals surface area (Å²) in [6.45, 7) is 0. The highest BCUT2D eigenvalue weighted by Crippen LogP contribution is 2.32. The van der Waals surface area contributed by atoms with Gasteiger partial charge in [-0.1, -0.05) is 18.2 Å². The lowest BCUT2D eigenvalue weighted by molar-refractivity contribution is -0.137. The minimum Gasteiger partial charge on any atom is -0.365 e. The van der Waals surface area contributed by atoms with Crippen molar-refractivity contribution in [2.75, 3.05) is 10.6 Å². The number of para-hydroxylation sites is 1. The van der Waals surface area contributed by atoms with E-state index in [1.165, 1.54) is 12.1 Å². The van der Waals surface area contributed by atoms with Crippen molar-refractivity contribution in [2.24, 2.45) is 0 Å². The molecule has 1 aliphatic rings. The highest BCUT2D eigenvalue weighted by molar-refractivity contribution is 5.86. The molecule has 0 aliphatic heterocycles. The number of nitrogens with zero attached hydrogens (tertiary/aromatic N) is 4. The lowest BCUT2D eigenvalue weighted by Gasteiger charge is -2.11. The van der Waals surface area contributed by atoms with Crippen molar-refractivity contribution in [3.63, 3.8) is 0 Å². The van der Waals surface area contributed by atoms with Gasteiger partial charge in [-0.15, -0.1) is 0 Å². The average molecular weight is 410 g/mol. The van der Waals surface area contributed by atoms with E-state index in [-0.39, 0.29) is 5.95 Å². The number of fused-ring (bicyclic) bond motifs is 1. The Balaban J connectivity index is 1.54. The Kier molecular flexibility index (Phi) is 4.30. The highest BCUT2D eigenvalue weighted by atomic mass is 19.4. The smallest absolute Gasteiger partial charge is 0.365 e. The number of benzene rings is 2. The van der Waals surface area contributed by atoms with Crippen LogP contribution in [0.5, 0.6) is 0 Å². The standard InChI is InChI=1S/C21H17F3N6/c22-21(23,24)13-6-8-15(9-7-13)27-20-28-18(26-14-10-11-14)17-19(29-20)30(12-25-17)16-4-2-1-3-5-16/h1-9,12,14H,10-11H2,(H2,26,27,28,29). The fraction of sp³-hybridized carbons (Fsp3) is 0.190. The maximum absolute atomic E-state index is 12.8. The molecular formula is C21H17F3N6. The van der Waals surface area contributed by atoms with Gasteiger partial charge in [0.1, 0.15) is 6.33 Å². The quantitative estimate of drug-likeness (QED) is 0.476. The molecule has 0 atom stereocenters. The minimum absolute atomic E-state index is 0.281. The first-order chi connectivity index (χ1) is 14.5. The molecular weight excluding hydrogens is 393 g/mol. The number of hydrogen-bond donors (Lipinski definition) is 2. The summed E-state index contributed by atoms with van der Waals surface area (Å²) in [4.78, 5) is 13.6. The molecule has 1 aliphatic carbocycles. The Morgan fingerprint density at radius 2 is 1.67 bits per heavy atom. The second kappa shape index (κ2) is 7.01. The Morgan fingerprint density at radius 3 is 2.33 bits per heavy atom. The summed E-state index contributed by atoms with van der Waals surface area (Å²) in [6, 6.07) is 14.8. The fourth-order valence-corrected chi connectivity index (χ4v) is 3.13. The third-order valence-electron chi connectivity index (χ3n) is 4.82. The molecule has 0 saturated heterocycles. The molecule has 2 N–H and O–H groups in total. The summed E-state index contributed by atoms with van der Waals surface area (Å²) in [6.07, 6.45) is -0.564. The predicted molar refractivity (Wildman–Crippen MR) is 108 cm³/mol. The van der Waals surface area contributed by atoms with Gasteiger partial charge in [-0.2, -0.15) is 23.1 Å². The molecule has 0 bridgehead atoms. The van der Waals surface area contributed by atoms with Crippen LogP contribution in [0.4, 0.5) is 30.6 Å². The molecule has 9 heteroatoms. The van der Waals surface area contributed by atoms with Gasteiger partial charge in [-0.25, -0.2) is 4.98 Å². The van der Waals surface area contributed by atoms with E-state index in [1.807, 2.05) is 34.9 Å². The van der Waals surface area contributed by atoms with E-state index in [2.05, 4.69) is 25.6 Å². The van der Waals surface area contributed by atoms with Crippen LogP contribution in [-0.2, 0) is 6.18 Å². The molecule has 4 aromatic rings. The maximum Gasteiger partial charge on any atom is 0.416 e. The third kappa shape index (κ3) is 3.66. The van der Waals surface area contributed by atoms with Gasteiger partial charge in [0.25, 0.3) is 0 Å². The van der Waals surface area contributed by atoms with Gasteiger partial charge >= 0.3 is 6.18 Å². The molecule has 6 nitrogen and oxygen atoms in total. The van der Waals surface area contributed by atoms with Crippen molar-refractivity contribution in [1.29, 1.82) is 0 Å². The van der Waals surface area contributed by atoms with Crippen molar-refractivity contribution in [3.05, 3.63) is 66.5 Å². The average Bonchev–Trinajstić information content (AvgIpc) is 3.44. The van der Waals surface area contributed by atoms with Gasteiger partial charge in [0.2, 0.25) is 5.95 Å². The zero-order valence-corrected chi connectivity index (χ0v) is 15.7. The van der Waals surface area contributed by atoms with Gasteiger partial charge in [0.15, 0.2) is 17.0 Å². The molecule has 5 rings (SSSR count). The highest BCUT2D eigenvalue weighted by Gasteiger charge is 2.30. The lowest BCUT2D eigenvalue weighted by atomic mass is 10.2. The molecule has 1 fully saturated rings.